The van der Waals surface area contributed by atoms with Gasteiger partial charge in [0.25, 0.3) is 5.91 Å². The second kappa shape index (κ2) is 7.31. The first-order valence-corrected chi connectivity index (χ1v) is 10.7. The van der Waals surface area contributed by atoms with Gasteiger partial charge in [-0.15, -0.1) is 22.7 Å². The first-order valence-electron chi connectivity index (χ1n) is 8.96. The number of thiazole rings is 2. The van der Waals surface area contributed by atoms with E-state index in [0.29, 0.717) is 11.4 Å². The maximum Gasteiger partial charge on any atom is 0.262 e. The van der Waals surface area contributed by atoms with Crippen LogP contribution in [0.2, 0.25) is 0 Å². The van der Waals surface area contributed by atoms with Crippen molar-refractivity contribution < 1.29 is 9.53 Å². The number of fused-ring (bicyclic) bond motifs is 1. The molecule has 1 aliphatic heterocycles. The minimum atomic E-state index is -0.143. The molecule has 0 bridgehead atoms. The first kappa shape index (κ1) is 17.8. The molecule has 5 rings (SSSR count). The van der Waals surface area contributed by atoms with E-state index in [1.54, 1.807) is 22.7 Å². The molecule has 29 heavy (non-hydrogen) atoms. The van der Waals surface area contributed by atoms with Gasteiger partial charge in [0.1, 0.15) is 10.8 Å². The number of aryl methyl sites for hydroxylation is 1. The Morgan fingerprint density at radius 1 is 1.03 bits per heavy atom. The molecule has 8 heteroatoms. The van der Waals surface area contributed by atoms with Crippen LogP contribution >= 0.6 is 22.7 Å². The Hall–Kier alpha value is -3.23. The predicted molar refractivity (Wildman–Crippen MR) is 117 cm³/mol. The topological polar surface area (TPSA) is 76.1 Å². The average molecular weight is 421 g/mol. The monoisotopic (exact) mass is 420 g/mol. The van der Waals surface area contributed by atoms with E-state index in [1.165, 1.54) is 0 Å². The molecule has 2 N–H and O–H groups in total. The van der Waals surface area contributed by atoms with Crippen LogP contribution in [0.5, 0.6) is 5.75 Å². The maximum atomic E-state index is 11.5. The molecule has 0 aliphatic carbocycles. The summed E-state index contributed by atoms with van der Waals surface area (Å²) in [5.41, 5.74) is 5.54. The van der Waals surface area contributed by atoms with Crippen LogP contribution in [0.15, 0.2) is 53.2 Å². The summed E-state index contributed by atoms with van der Waals surface area (Å²) in [5, 5.41) is 12.0. The van der Waals surface area contributed by atoms with Crippen molar-refractivity contribution in [2.75, 3.05) is 17.2 Å². The average Bonchev–Trinajstić information content (AvgIpc) is 3.37. The fourth-order valence-electron chi connectivity index (χ4n) is 3.01. The normalized spacial score (nSPS) is 12.8. The molecule has 144 valence electrons. The van der Waals surface area contributed by atoms with Crippen LogP contribution in [0.4, 0.5) is 16.5 Å². The summed E-state index contributed by atoms with van der Waals surface area (Å²) in [6, 6.07) is 13.9. The molecule has 0 saturated carbocycles. The molecule has 1 aliphatic rings. The van der Waals surface area contributed by atoms with Gasteiger partial charge in [0.05, 0.1) is 17.1 Å². The summed E-state index contributed by atoms with van der Waals surface area (Å²) in [4.78, 5) is 20.7. The second-order valence-corrected chi connectivity index (χ2v) is 8.30. The largest absolute Gasteiger partial charge is 0.482 e. The number of aromatic nitrogens is 2. The van der Waals surface area contributed by atoms with Crippen LogP contribution in [-0.2, 0) is 4.79 Å². The Kier molecular flexibility index (Phi) is 4.49. The van der Waals surface area contributed by atoms with Gasteiger partial charge in [-0.05, 0) is 49.4 Å². The summed E-state index contributed by atoms with van der Waals surface area (Å²) >= 11 is 3.18. The standard InChI is InChI=1S/C21H16N4O2S2/c1-12-10-29-21(22-12)23-15-5-2-13(3-6-15)20-25-17(11-28-20)14-4-7-18-16(8-14)24-19(26)9-27-18/h2-8,10-11H,9H2,1H3,(H,22,23)(H,24,26). The second-order valence-electron chi connectivity index (χ2n) is 6.58. The Labute approximate surface area is 175 Å². The molecule has 0 radical (unpaired) electrons. The SMILES string of the molecule is Cc1csc(Nc2ccc(-c3nc(-c4ccc5c(c4)NC(=O)CO5)cs3)cc2)n1. The number of rotatable bonds is 4. The summed E-state index contributed by atoms with van der Waals surface area (Å²) in [6.07, 6.45) is 0. The van der Waals surface area contributed by atoms with Crippen molar-refractivity contribution in [1.82, 2.24) is 9.97 Å². The van der Waals surface area contributed by atoms with E-state index >= 15 is 0 Å². The first-order chi connectivity index (χ1) is 14.1. The Balaban J connectivity index is 1.36. The third-order valence-corrected chi connectivity index (χ3v) is 6.18. The van der Waals surface area contributed by atoms with Gasteiger partial charge in [-0.3, -0.25) is 4.79 Å². The number of hydrogen-bond acceptors (Lipinski definition) is 7. The minimum absolute atomic E-state index is 0.0558. The van der Waals surface area contributed by atoms with E-state index in [-0.39, 0.29) is 12.5 Å². The zero-order chi connectivity index (χ0) is 19.8. The highest BCUT2D eigenvalue weighted by atomic mass is 32.1. The molecule has 1 amide bonds. The lowest BCUT2D eigenvalue weighted by atomic mass is 10.1. The molecular formula is C21H16N4O2S2. The summed E-state index contributed by atoms with van der Waals surface area (Å²) in [5.74, 6) is 0.539. The van der Waals surface area contributed by atoms with Crippen molar-refractivity contribution in [3.05, 3.63) is 58.9 Å². The van der Waals surface area contributed by atoms with E-state index in [4.69, 9.17) is 9.72 Å². The highest BCUT2D eigenvalue weighted by molar-refractivity contribution is 7.14. The molecule has 6 nitrogen and oxygen atoms in total. The minimum Gasteiger partial charge on any atom is -0.482 e. The lowest BCUT2D eigenvalue weighted by molar-refractivity contribution is -0.118. The van der Waals surface area contributed by atoms with E-state index < -0.39 is 0 Å². The van der Waals surface area contributed by atoms with Gasteiger partial charge in [-0.1, -0.05) is 0 Å². The smallest absolute Gasteiger partial charge is 0.262 e. The van der Waals surface area contributed by atoms with Crippen LogP contribution in [0.3, 0.4) is 0 Å². The number of carbonyl (C=O) groups is 1. The molecule has 4 aromatic rings. The van der Waals surface area contributed by atoms with Gasteiger partial charge in [-0.2, -0.15) is 0 Å². The van der Waals surface area contributed by atoms with E-state index in [2.05, 4.69) is 15.6 Å². The van der Waals surface area contributed by atoms with Gasteiger partial charge in [0.15, 0.2) is 11.7 Å². The fourth-order valence-corrected chi connectivity index (χ4v) is 4.56. The number of ether oxygens (including phenoxy) is 1. The van der Waals surface area contributed by atoms with Crippen LogP contribution < -0.4 is 15.4 Å². The van der Waals surface area contributed by atoms with Crippen molar-refractivity contribution in [2.45, 2.75) is 6.92 Å². The third kappa shape index (κ3) is 3.72. The van der Waals surface area contributed by atoms with Crippen LogP contribution in [0, 0.1) is 6.92 Å². The highest BCUT2D eigenvalue weighted by Gasteiger charge is 2.17. The Morgan fingerprint density at radius 2 is 1.86 bits per heavy atom. The molecular weight excluding hydrogens is 404 g/mol. The molecule has 3 heterocycles. The number of benzene rings is 2. The van der Waals surface area contributed by atoms with Crippen molar-refractivity contribution in [1.29, 1.82) is 0 Å². The van der Waals surface area contributed by atoms with Crippen molar-refractivity contribution >= 4 is 45.1 Å². The van der Waals surface area contributed by atoms with Gasteiger partial charge >= 0.3 is 0 Å². The van der Waals surface area contributed by atoms with E-state index in [1.807, 2.05) is 60.1 Å². The molecule has 2 aromatic heterocycles. The van der Waals surface area contributed by atoms with Crippen LogP contribution in [0.1, 0.15) is 5.69 Å². The van der Waals surface area contributed by atoms with Crippen LogP contribution in [-0.4, -0.2) is 22.5 Å². The Morgan fingerprint density at radius 3 is 2.66 bits per heavy atom. The zero-order valence-corrected chi connectivity index (χ0v) is 17.1. The van der Waals surface area contributed by atoms with Crippen molar-refractivity contribution in [2.24, 2.45) is 0 Å². The molecule has 2 aromatic carbocycles. The Bertz CT molecular complexity index is 1200. The van der Waals surface area contributed by atoms with Crippen molar-refractivity contribution in [3.63, 3.8) is 0 Å². The lowest BCUT2D eigenvalue weighted by Gasteiger charge is -2.18. The number of amides is 1. The zero-order valence-electron chi connectivity index (χ0n) is 15.4. The summed E-state index contributed by atoms with van der Waals surface area (Å²) in [6.45, 7) is 2.04. The third-order valence-electron chi connectivity index (χ3n) is 4.41. The van der Waals surface area contributed by atoms with Crippen molar-refractivity contribution in [3.8, 4) is 27.6 Å². The summed E-state index contributed by atoms with van der Waals surface area (Å²) in [7, 11) is 0. The highest BCUT2D eigenvalue weighted by Crippen LogP contribution is 2.35. The number of carbonyl (C=O) groups excluding carboxylic acids is 1. The van der Waals surface area contributed by atoms with Gasteiger partial charge < -0.3 is 15.4 Å². The molecule has 0 atom stereocenters. The van der Waals surface area contributed by atoms with Gasteiger partial charge in [-0.25, -0.2) is 9.97 Å². The summed E-state index contributed by atoms with van der Waals surface area (Å²) < 4.78 is 5.42. The molecule has 0 saturated heterocycles. The number of anilines is 3. The predicted octanol–water partition coefficient (Wildman–Crippen LogP) is 5.32. The van der Waals surface area contributed by atoms with Gasteiger partial charge in [0.2, 0.25) is 0 Å². The van der Waals surface area contributed by atoms with Crippen LogP contribution in [0.25, 0.3) is 21.8 Å². The maximum absolute atomic E-state index is 11.5. The molecule has 0 unspecified atom stereocenters. The fraction of sp³-hybridized carbons (Fsp3) is 0.0952. The number of nitrogens with zero attached hydrogens (tertiary/aromatic N) is 2. The van der Waals surface area contributed by atoms with Gasteiger partial charge in [0, 0.05) is 27.6 Å². The molecule has 0 spiro atoms. The van der Waals surface area contributed by atoms with E-state index in [0.717, 1.165) is 38.3 Å². The molecule has 0 fully saturated rings. The van der Waals surface area contributed by atoms with E-state index in [9.17, 15) is 4.79 Å². The quantitative estimate of drug-likeness (QED) is 0.467. The lowest BCUT2D eigenvalue weighted by Crippen LogP contribution is -2.25. The number of nitrogens with one attached hydrogen (secondary N) is 2. The number of hydrogen-bond donors (Lipinski definition) is 2.